The van der Waals surface area contributed by atoms with Gasteiger partial charge in [0.2, 0.25) is 0 Å². The van der Waals surface area contributed by atoms with Crippen molar-refractivity contribution in [3.8, 4) is 12.1 Å². The van der Waals surface area contributed by atoms with E-state index in [1.807, 2.05) is 12.1 Å². The first-order valence-corrected chi connectivity index (χ1v) is 9.01. The van der Waals surface area contributed by atoms with Crippen molar-refractivity contribution in [2.45, 2.75) is 12.5 Å². The summed E-state index contributed by atoms with van der Waals surface area (Å²) in [5.41, 5.74) is 1.63. The number of hydrogen-bond acceptors (Lipinski definition) is 4. The summed E-state index contributed by atoms with van der Waals surface area (Å²) in [6.45, 7) is 1.44. The molecule has 1 aliphatic heterocycles. The van der Waals surface area contributed by atoms with Gasteiger partial charge in [0.25, 0.3) is 0 Å². The number of benzene rings is 2. The lowest BCUT2D eigenvalue weighted by atomic mass is 10.2. The van der Waals surface area contributed by atoms with Crippen LogP contribution in [0.3, 0.4) is 0 Å². The summed E-state index contributed by atoms with van der Waals surface area (Å²) < 4.78 is 14.1. The highest BCUT2D eigenvalue weighted by atomic mass is 79.9. The standard InChI is InChI=1S/C11H11BrN2O.C7H3BrFN/c12-9-1-2-11(8(5-9)6-13)14-4-3-10(15)7-14;8-6-1-2-7(9)5(3-6)4-10/h1-2,5,10,15H,3-4,7H2;1-3H. The minimum atomic E-state index is -0.481. The minimum absolute atomic E-state index is 0.0642. The van der Waals surface area contributed by atoms with Crippen LogP contribution in [0.25, 0.3) is 0 Å². The van der Waals surface area contributed by atoms with Crippen LogP contribution in [0.4, 0.5) is 10.1 Å². The van der Waals surface area contributed by atoms with Gasteiger partial charge in [0.1, 0.15) is 18.0 Å². The second kappa shape index (κ2) is 8.96. The van der Waals surface area contributed by atoms with Gasteiger partial charge >= 0.3 is 0 Å². The zero-order valence-corrected chi connectivity index (χ0v) is 16.3. The van der Waals surface area contributed by atoms with Crippen LogP contribution < -0.4 is 4.90 Å². The topological polar surface area (TPSA) is 71.0 Å². The molecule has 0 radical (unpaired) electrons. The van der Waals surface area contributed by atoms with Gasteiger partial charge in [0.05, 0.1) is 22.9 Å². The molecule has 1 fully saturated rings. The largest absolute Gasteiger partial charge is 0.391 e. The van der Waals surface area contributed by atoms with Gasteiger partial charge in [-0.25, -0.2) is 4.39 Å². The molecule has 1 heterocycles. The quantitative estimate of drug-likeness (QED) is 0.678. The Labute approximate surface area is 162 Å². The fourth-order valence-corrected chi connectivity index (χ4v) is 3.14. The third kappa shape index (κ3) is 5.27. The first-order chi connectivity index (χ1) is 11.9. The molecule has 2 aromatic carbocycles. The molecular weight excluding hydrogens is 453 g/mol. The smallest absolute Gasteiger partial charge is 0.141 e. The van der Waals surface area contributed by atoms with Crippen LogP contribution in [0.1, 0.15) is 17.5 Å². The summed E-state index contributed by atoms with van der Waals surface area (Å²) in [6, 6.07) is 13.8. The van der Waals surface area contributed by atoms with Crippen LogP contribution in [0.15, 0.2) is 45.3 Å². The Morgan fingerprint density at radius 2 is 1.64 bits per heavy atom. The average molecular weight is 467 g/mol. The molecule has 0 spiro atoms. The van der Waals surface area contributed by atoms with Gasteiger partial charge in [-0.2, -0.15) is 10.5 Å². The molecule has 1 atom stereocenters. The lowest BCUT2D eigenvalue weighted by molar-refractivity contribution is 0.198. The summed E-state index contributed by atoms with van der Waals surface area (Å²) in [6.07, 6.45) is 0.515. The van der Waals surface area contributed by atoms with E-state index in [1.165, 1.54) is 12.1 Å². The van der Waals surface area contributed by atoms with Crippen molar-refractivity contribution in [1.29, 1.82) is 10.5 Å². The lowest BCUT2D eigenvalue weighted by Crippen LogP contribution is -2.21. The van der Waals surface area contributed by atoms with Crippen LogP contribution in [-0.2, 0) is 0 Å². The molecule has 3 rings (SSSR count). The van der Waals surface area contributed by atoms with E-state index in [0.29, 0.717) is 16.6 Å². The second-order valence-corrected chi connectivity index (χ2v) is 7.23. The normalized spacial score (nSPS) is 15.8. The van der Waals surface area contributed by atoms with Crippen molar-refractivity contribution in [2.24, 2.45) is 0 Å². The average Bonchev–Trinajstić information content (AvgIpc) is 3.03. The fourth-order valence-electron chi connectivity index (χ4n) is 2.42. The van der Waals surface area contributed by atoms with E-state index in [-0.39, 0.29) is 11.7 Å². The summed E-state index contributed by atoms with van der Waals surface area (Å²) in [5, 5.41) is 26.8. The molecule has 1 N–H and O–H groups in total. The third-order valence-corrected chi connectivity index (χ3v) is 4.62. The molecule has 25 heavy (non-hydrogen) atoms. The molecule has 0 aromatic heterocycles. The van der Waals surface area contributed by atoms with Gasteiger partial charge in [-0.15, -0.1) is 0 Å². The Bertz CT molecular complexity index is 845. The molecule has 4 nitrogen and oxygen atoms in total. The van der Waals surface area contributed by atoms with Gasteiger partial charge in [-0.05, 0) is 42.8 Å². The van der Waals surface area contributed by atoms with Crippen molar-refractivity contribution in [1.82, 2.24) is 0 Å². The highest BCUT2D eigenvalue weighted by Crippen LogP contribution is 2.27. The van der Waals surface area contributed by atoms with Crippen molar-refractivity contribution in [2.75, 3.05) is 18.0 Å². The number of anilines is 1. The third-order valence-electron chi connectivity index (χ3n) is 3.63. The number of nitriles is 2. The number of aliphatic hydroxyl groups excluding tert-OH is 1. The van der Waals surface area contributed by atoms with E-state index in [9.17, 15) is 9.50 Å². The van der Waals surface area contributed by atoms with E-state index < -0.39 is 5.82 Å². The molecule has 0 bridgehead atoms. The maximum Gasteiger partial charge on any atom is 0.141 e. The van der Waals surface area contributed by atoms with Crippen LogP contribution in [0.5, 0.6) is 0 Å². The van der Waals surface area contributed by atoms with Crippen molar-refractivity contribution in [3.63, 3.8) is 0 Å². The molecule has 1 unspecified atom stereocenters. The predicted molar refractivity (Wildman–Crippen MR) is 101 cm³/mol. The predicted octanol–water partition coefficient (Wildman–Crippen LogP) is 4.35. The Balaban J connectivity index is 0.000000196. The Morgan fingerprint density at radius 3 is 2.16 bits per heavy atom. The van der Waals surface area contributed by atoms with E-state index >= 15 is 0 Å². The number of hydrogen-bond donors (Lipinski definition) is 1. The monoisotopic (exact) mass is 465 g/mol. The van der Waals surface area contributed by atoms with Gasteiger partial charge in [0.15, 0.2) is 0 Å². The number of rotatable bonds is 1. The molecule has 2 aromatic rings. The zero-order chi connectivity index (χ0) is 18.4. The van der Waals surface area contributed by atoms with E-state index in [1.54, 1.807) is 18.2 Å². The van der Waals surface area contributed by atoms with E-state index in [2.05, 4.69) is 42.8 Å². The molecule has 0 saturated carbocycles. The molecule has 0 amide bonds. The van der Waals surface area contributed by atoms with Crippen LogP contribution in [0, 0.1) is 28.5 Å². The first-order valence-electron chi connectivity index (χ1n) is 7.42. The summed E-state index contributed by atoms with van der Waals surface area (Å²) in [7, 11) is 0. The summed E-state index contributed by atoms with van der Waals surface area (Å²) in [5.74, 6) is -0.481. The fraction of sp³-hybridized carbons (Fsp3) is 0.222. The van der Waals surface area contributed by atoms with Gasteiger partial charge in [-0.3, -0.25) is 0 Å². The maximum absolute atomic E-state index is 12.5. The van der Waals surface area contributed by atoms with Crippen molar-refractivity contribution >= 4 is 37.5 Å². The first kappa shape index (κ1) is 19.4. The van der Waals surface area contributed by atoms with Crippen LogP contribution >= 0.6 is 31.9 Å². The molecule has 0 aliphatic carbocycles. The molecule has 1 aliphatic rings. The van der Waals surface area contributed by atoms with Crippen LogP contribution in [-0.4, -0.2) is 24.3 Å². The molecule has 128 valence electrons. The molecule has 7 heteroatoms. The number of aliphatic hydroxyl groups is 1. The van der Waals surface area contributed by atoms with Crippen LogP contribution in [0.2, 0.25) is 0 Å². The van der Waals surface area contributed by atoms with Gasteiger partial charge in [0, 0.05) is 22.0 Å². The minimum Gasteiger partial charge on any atom is -0.391 e. The number of nitrogens with zero attached hydrogens (tertiary/aromatic N) is 3. The second-order valence-electron chi connectivity index (χ2n) is 5.40. The lowest BCUT2D eigenvalue weighted by Gasteiger charge is -2.19. The summed E-state index contributed by atoms with van der Waals surface area (Å²) in [4.78, 5) is 2.05. The highest BCUT2D eigenvalue weighted by molar-refractivity contribution is 9.10. The van der Waals surface area contributed by atoms with Crippen molar-refractivity contribution < 1.29 is 9.50 Å². The number of β-amino-alcohol motifs (C(OH)–C–C–N with tert-alkyl or cyclic N) is 1. The Morgan fingerprint density at radius 1 is 1.04 bits per heavy atom. The van der Waals surface area contributed by atoms with Gasteiger partial charge in [-0.1, -0.05) is 31.9 Å². The highest BCUT2D eigenvalue weighted by Gasteiger charge is 2.22. The van der Waals surface area contributed by atoms with E-state index in [4.69, 9.17) is 10.5 Å². The van der Waals surface area contributed by atoms with Crippen molar-refractivity contribution in [3.05, 3.63) is 62.3 Å². The Hall–Kier alpha value is -1.93. The SMILES string of the molecule is N#Cc1cc(Br)ccc1F.N#Cc1cc(Br)ccc1N1CCC(O)C1. The zero-order valence-electron chi connectivity index (χ0n) is 13.1. The molecular formula is C18H14Br2FN3O. The Kier molecular flexibility index (Phi) is 6.95. The molecule has 1 saturated heterocycles. The maximum atomic E-state index is 12.5. The van der Waals surface area contributed by atoms with Gasteiger partial charge < -0.3 is 10.0 Å². The van der Waals surface area contributed by atoms with E-state index in [0.717, 1.165) is 23.1 Å². The number of halogens is 3. The summed E-state index contributed by atoms with van der Waals surface area (Å²) >= 11 is 6.46.